The van der Waals surface area contributed by atoms with E-state index in [2.05, 4.69) is 10.2 Å². The highest BCUT2D eigenvalue weighted by Crippen LogP contribution is 2.28. The molecule has 0 radical (unpaired) electrons. The maximum absolute atomic E-state index is 11.8. The van der Waals surface area contributed by atoms with Gasteiger partial charge in [0.2, 0.25) is 0 Å². The van der Waals surface area contributed by atoms with E-state index < -0.39 is 10.1 Å². The van der Waals surface area contributed by atoms with Crippen molar-refractivity contribution in [1.82, 2.24) is 10.2 Å². The summed E-state index contributed by atoms with van der Waals surface area (Å²) in [6, 6.07) is 8.49. The smallest absolute Gasteiger partial charge is 0.310 e. The second-order valence-corrected chi connectivity index (χ2v) is 9.29. The van der Waals surface area contributed by atoms with Gasteiger partial charge in [-0.1, -0.05) is 60.0 Å². The number of thioether (sulfide) groups is 2. The predicted molar refractivity (Wildman–Crippen MR) is 87.9 cm³/mol. The van der Waals surface area contributed by atoms with Crippen LogP contribution in [0.4, 0.5) is 0 Å². The number of aromatic nitrogens is 2. The second kappa shape index (κ2) is 8.02. The van der Waals surface area contributed by atoms with Crippen LogP contribution in [-0.2, 0) is 10.1 Å². The summed E-state index contributed by atoms with van der Waals surface area (Å²) in [6.45, 7) is 2.05. The van der Waals surface area contributed by atoms with Gasteiger partial charge in [-0.3, -0.25) is 0 Å². The van der Waals surface area contributed by atoms with E-state index in [1.807, 2.05) is 6.92 Å². The molecule has 0 aliphatic rings. The topological polar surface area (TPSA) is 69.2 Å². The molecule has 2 aromatic rings. The maximum atomic E-state index is 11.8. The van der Waals surface area contributed by atoms with E-state index in [9.17, 15) is 8.42 Å². The van der Waals surface area contributed by atoms with Crippen LogP contribution in [0.2, 0.25) is 0 Å². The van der Waals surface area contributed by atoms with Gasteiger partial charge < -0.3 is 4.18 Å². The Balaban J connectivity index is 1.81. The number of benzene rings is 1. The van der Waals surface area contributed by atoms with Crippen LogP contribution in [0, 0.1) is 0 Å². The first-order valence-corrected chi connectivity index (χ1v) is 10.5. The van der Waals surface area contributed by atoms with E-state index >= 15 is 0 Å². The van der Waals surface area contributed by atoms with E-state index in [1.165, 1.54) is 23.1 Å². The quantitative estimate of drug-likeness (QED) is 0.528. The van der Waals surface area contributed by atoms with Gasteiger partial charge in [0.15, 0.2) is 8.68 Å². The minimum Gasteiger partial charge on any atom is -0.382 e. The van der Waals surface area contributed by atoms with Crippen LogP contribution in [0.15, 0.2) is 39.0 Å². The van der Waals surface area contributed by atoms with E-state index in [0.717, 1.165) is 14.4 Å². The van der Waals surface area contributed by atoms with Crippen LogP contribution in [0.5, 0.6) is 5.75 Å². The fourth-order valence-electron chi connectivity index (χ4n) is 1.33. The molecule has 1 aromatic heterocycles. The molecule has 2 rings (SSSR count). The third-order valence-corrected chi connectivity index (χ3v) is 6.66. The van der Waals surface area contributed by atoms with Gasteiger partial charge in [-0.05, 0) is 17.9 Å². The molecule has 0 unspecified atom stereocenters. The van der Waals surface area contributed by atoms with Crippen molar-refractivity contribution in [3.8, 4) is 5.75 Å². The standard InChI is InChI=1S/C12H14N2O3S4/c1-2-18-11-13-14-12(20-11)19-8-9-21(15,16)17-10-6-4-3-5-7-10/h3-7H,2,8-9H2,1H3. The van der Waals surface area contributed by atoms with Crippen molar-refractivity contribution in [2.24, 2.45) is 0 Å². The molecule has 0 bridgehead atoms. The molecule has 0 spiro atoms. The van der Waals surface area contributed by atoms with E-state index in [0.29, 0.717) is 11.5 Å². The molecule has 0 amide bonds. The first kappa shape index (κ1) is 16.6. The molecule has 0 aliphatic heterocycles. The van der Waals surface area contributed by atoms with Crippen molar-refractivity contribution >= 4 is 45.0 Å². The Morgan fingerprint density at radius 2 is 1.81 bits per heavy atom. The lowest BCUT2D eigenvalue weighted by atomic mass is 10.3. The van der Waals surface area contributed by atoms with Crippen molar-refractivity contribution in [1.29, 1.82) is 0 Å². The van der Waals surface area contributed by atoms with Gasteiger partial charge in [-0.25, -0.2) is 0 Å². The van der Waals surface area contributed by atoms with Gasteiger partial charge >= 0.3 is 10.1 Å². The van der Waals surface area contributed by atoms with Crippen LogP contribution in [-0.4, -0.2) is 35.9 Å². The molecular weight excluding hydrogens is 348 g/mol. The summed E-state index contributed by atoms with van der Waals surface area (Å²) < 4.78 is 30.3. The van der Waals surface area contributed by atoms with Gasteiger partial charge in [-0.2, -0.15) is 8.42 Å². The molecule has 114 valence electrons. The molecule has 1 heterocycles. The van der Waals surface area contributed by atoms with Gasteiger partial charge in [-0.15, -0.1) is 10.2 Å². The Morgan fingerprint density at radius 1 is 1.14 bits per heavy atom. The lowest BCUT2D eigenvalue weighted by molar-refractivity contribution is 0.488. The summed E-state index contributed by atoms with van der Waals surface area (Å²) in [7, 11) is -3.58. The van der Waals surface area contributed by atoms with Crippen molar-refractivity contribution in [2.75, 3.05) is 17.3 Å². The van der Waals surface area contributed by atoms with Gasteiger partial charge in [0.1, 0.15) is 5.75 Å². The Kier molecular flexibility index (Phi) is 6.34. The minimum absolute atomic E-state index is 0.0671. The van der Waals surface area contributed by atoms with Crippen LogP contribution in [0.25, 0.3) is 0 Å². The summed E-state index contributed by atoms with van der Waals surface area (Å²) in [4.78, 5) is 0. The van der Waals surface area contributed by atoms with Crippen LogP contribution in [0.1, 0.15) is 6.92 Å². The highest BCUT2D eigenvalue weighted by Gasteiger charge is 2.14. The number of nitrogens with zero attached hydrogens (tertiary/aromatic N) is 2. The number of para-hydroxylation sites is 1. The summed E-state index contributed by atoms with van der Waals surface area (Å²) in [5.41, 5.74) is 0. The summed E-state index contributed by atoms with van der Waals surface area (Å²) in [5, 5.41) is 8.03. The molecular formula is C12H14N2O3S4. The average Bonchev–Trinajstić information content (AvgIpc) is 2.87. The van der Waals surface area contributed by atoms with Crippen LogP contribution >= 0.6 is 34.9 Å². The summed E-state index contributed by atoms with van der Waals surface area (Å²) >= 11 is 4.48. The van der Waals surface area contributed by atoms with Crippen molar-refractivity contribution in [2.45, 2.75) is 15.6 Å². The Morgan fingerprint density at radius 3 is 2.48 bits per heavy atom. The van der Waals surface area contributed by atoms with Crippen molar-refractivity contribution in [3.05, 3.63) is 30.3 Å². The van der Waals surface area contributed by atoms with Crippen LogP contribution < -0.4 is 4.18 Å². The number of hydrogen-bond acceptors (Lipinski definition) is 8. The van der Waals surface area contributed by atoms with Gasteiger partial charge in [0.05, 0.1) is 5.75 Å². The third-order valence-electron chi connectivity index (χ3n) is 2.18. The number of hydrogen-bond donors (Lipinski definition) is 0. The molecule has 0 atom stereocenters. The molecule has 0 aliphatic carbocycles. The fourth-order valence-corrected chi connectivity index (χ4v) is 5.61. The molecule has 21 heavy (non-hydrogen) atoms. The van der Waals surface area contributed by atoms with Gasteiger partial charge in [0.25, 0.3) is 0 Å². The Labute approximate surface area is 136 Å². The van der Waals surface area contributed by atoms with Crippen LogP contribution in [0.3, 0.4) is 0 Å². The molecule has 1 aromatic carbocycles. The van der Waals surface area contributed by atoms with E-state index in [1.54, 1.807) is 42.1 Å². The molecule has 0 fully saturated rings. The largest absolute Gasteiger partial charge is 0.382 e. The second-order valence-electron chi connectivity index (χ2n) is 3.77. The molecule has 9 heteroatoms. The maximum Gasteiger partial charge on any atom is 0.310 e. The minimum atomic E-state index is -3.58. The zero-order chi connectivity index (χ0) is 15.1. The Hall–Kier alpha value is -0.770. The van der Waals surface area contributed by atoms with E-state index in [4.69, 9.17) is 4.18 Å². The van der Waals surface area contributed by atoms with Crippen molar-refractivity contribution < 1.29 is 12.6 Å². The highest BCUT2D eigenvalue weighted by molar-refractivity contribution is 8.03. The molecule has 0 N–H and O–H groups in total. The first-order valence-electron chi connectivity index (χ1n) is 6.15. The molecule has 5 nitrogen and oxygen atoms in total. The zero-order valence-corrected chi connectivity index (χ0v) is 14.5. The molecule has 0 saturated heterocycles. The highest BCUT2D eigenvalue weighted by atomic mass is 32.2. The SMILES string of the molecule is CCSc1nnc(SCCS(=O)(=O)Oc2ccccc2)s1. The average molecular weight is 363 g/mol. The summed E-state index contributed by atoms with van der Waals surface area (Å²) in [6.07, 6.45) is 0. The normalized spacial score (nSPS) is 11.5. The fraction of sp³-hybridized carbons (Fsp3) is 0.333. The van der Waals surface area contributed by atoms with E-state index in [-0.39, 0.29) is 5.75 Å². The molecule has 0 saturated carbocycles. The third kappa shape index (κ3) is 5.85. The Bertz CT molecular complexity index is 658. The predicted octanol–water partition coefficient (Wildman–Crippen LogP) is 3.15. The lowest BCUT2D eigenvalue weighted by Gasteiger charge is -2.05. The number of rotatable bonds is 8. The van der Waals surface area contributed by atoms with Gasteiger partial charge in [0, 0.05) is 5.75 Å². The van der Waals surface area contributed by atoms with Crippen molar-refractivity contribution in [3.63, 3.8) is 0 Å². The first-order chi connectivity index (χ1) is 10.1. The summed E-state index contributed by atoms with van der Waals surface area (Å²) in [5.74, 6) is 1.60. The monoisotopic (exact) mass is 362 g/mol. The zero-order valence-electron chi connectivity index (χ0n) is 11.3. The lowest BCUT2D eigenvalue weighted by Crippen LogP contribution is -2.15.